The van der Waals surface area contributed by atoms with Crippen molar-refractivity contribution in [1.82, 2.24) is 4.90 Å². The van der Waals surface area contributed by atoms with Gasteiger partial charge in [-0.2, -0.15) is 0 Å². The molecule has 19 heavy (non-hydrogen) atoms. The normalized spacial score (nSPS) is 20.8. The van der Waals surface area contributed by atoms with Gasteiger partial charge in [0.15, 0.2) is 0 Å². The van der Waals surface area contributed by atoms with Gasteiger partial charge in [-0.05, 0) is 29.3 Å². The molecule has 0 radical (unpaired) electrons. The van der Waals surface area contributed by atoms with E-state index in [1.54, 1.807) is 0 Å². The monoisotopic (exact) mass is 249 g/mol. The zero-order valence-electron chi connectivity index (χ0n) is 11.3. The second-order valence-corrected chi connectivity index (χ2v) is 5.13. The van der Waals surface area contributed by atoms with Crippen LogP contribution in [-0.4, -0.2) is 17.5 Å². The third kappa shape index (κ3) is 2.22. The minimum absolute atomic E-state index is 0.362. The minimum atomic E-state index is 0.362. The van der Waals surface area contributed by atoms with Crippen LogP contribution >= 0.6 is 0 Å². The van der Waals surface area contributed by atoms with E-state index in [4.69, 9.17) is 0 Å². The van der Waals surface area contributed by atoms with E-state index in [0.717, 1.165) is 6.54 Å². The summed E-state index contributed by atoms with van der Waals surface area (Å²) in [5.74, 6) is 0. The molecular formula is C18H19N. The van der Waals surface area contributed by atoms with Gasteiger partial charge in [-0.1, -0.05) is 54.6 Å². The molecule has 0 aromatic heterocycles. The number of benzene rings is 2. The Morgan fingerprint density at radius 3 is 2.79 bits per heavy atom. The lowest BCUT2D eigenvalue weighted by molar-refractivity contribution is 0.235. The summed E-state index contributed by atoms with van der Waals surface area (Å²) in [4.78, 5) is 2.46. The molecular weight excluding hydrogens is 230 g/mol. The van der Waals surface area contributed by atoms with Gasteiger partial charge in [0.05, 0.1) is 0 Å². The number of hydrogen-bond acceptors (Lipinski definition) is 1. The largest absolute Gasteiger partial charge is 0.283 e. The highest BCUT2D eigenvalue weighted by Crippen LogP contribution is 2.28. The van der Waals surface area contributed by atoms with E-state index < -0.39 is 0 Å². The van der Waals surface area contributed by atoms with Gasteiger partial charge in [0.25, 0.3) is 0 Å². The maximum absolute atomic E-state index is 3.93. The molecule has 0 N–H and O–H groups in total. The van der Waals surface area contributed by atoms with Crippen molar-refractivity contribution in [2.24, 2.45) is 0 Å². The summed E-state index contributed by atoms with van der Waals surface area (Å²) in [5, 5.41) is 2.62. The fourth-order valence-electron chi connectivity index (χ4n) is 2.84. The van der Waals surface area contributed by atoms with Crippen LogP contribution in [0.3, 0.4) is 0 Å². The summed E-state index contributed by atoms with van der Waals surface area (Å²) in [6.45, 7) is 7.20. The highest BCUT2D eigenvalue weighted by atomic mass is 15.2. The molecule has 0 saturated heterocycles. The minimum Gasteiger partial charge on any atom is -0.283 e. The Balaban J connectivity index is 1.93. The first-order valence-electron chi connectivity index (χ1n) is 6.83. The number of hydrogen-bond donors (Lipinski definition) is 0. The van der Waals surface area contributed by atoms with Crippen LogP contribution in [0.25, 0.3) is 10.8 Å². The molecule has 1 unspecified atom stereocenters. The zero-order chi connectivity index (χ0) is 13.2. The molecule has 3 rings (SSSR count). The Morgan fingerprint density at radius 1 is 1.21 bits per heavy atom. The number of fused-ring (bicyclic) bond motifs is 1. The summed E-state index contributed by atoms with van der Waals surface area (Å²) >= 11 is 0. The molecule has 2 aromatic carbocycles. The average molecular weight is 249 g/mol. The molecule has 1 heteroatoms. The van der Waals surface area contributed by atoms with Crippen LogP contribution in [0.1, 0.15) is 18.5 Å². The van der Waals surface area contributed by atoms with Gasteiger partial charge in [-0.3, -0.25) is 4.90 Å². The molecule has 1 heterocycles. The Morgan fingerprint density at radius 2 is 2.00 bits per heavy atom. The summed E-state index contributed by atoms with van der Waals surface area (Å²) in [6.07, 6.45) is 6.47. The lowest BCUT2D eigenvalue weighted by Gasteiger charge is -2.29. The van der Waals surface area contributed by atoms with Gasteiger partial charge in [-0.25, -0.2) is 0 Å². The summed E-state index contributed by atoms with van der Waals surface area (Å²) in [5.41, 5.74) is 1.37. The van der Waals surface area contributed by atoms with Crippen LogP contribution in [0.5, 0.6) is 0 Å². The first kappa shape index (κ1) is 12.2. The highest BCUT2D eigenvalue weighted by molar-refractivity contribution is 5.83. The fourth-order valence-corrected chi connectivity index (χ4v) is 2.84. The summed E-state index contributed by atoms with van der Waals surface area (Å²) < 4.78 is 0. The van der Waals surface area contributed by atoms with E-state index in [9.17, 15) is 0 Å². The van der Waals surface area contributed by atoms with Crippen molar-refractivity contribution in [3.05, 3.63) is 72.8 Å². The Hall–Kier alpha value is -1.86. The van der Waals surface area contributed by atoms with Crippen molar-refractivity contribution >= 4 is 10.8 Å². The molecule has 0 amide bonds. The lowest BCUT2D eigenvalue weighted by atomic mass is 10.0. The molecule has 0 fully saturated rings. The van der Waals surface area contributed by atoms with E-state index in [2.05, 4.69) is 73.0 Å². The van der Waals surface area contributed by atoms with Gasteiger partial charge in [0.2, 0.25) is 0 Å². The molecule has 0 bridgehead atoms. The zero-order valence-corrected chi connectivity index (χ0v) is 11.3. The van der Waals surface area contributed by atoms with E-state index >= 15 is 0 Å². The molecule has 96 valence electrons. The van der Waals surface area contributed by atoms with E-state index in [1.807, 2.05) is 6.08 Å². The summed E-state index contributed by atoms with van der Waals surface area (Å²) in [7, 11) is 0. The smallest absolute Gasteiger partial charge is 0.0468 e. The van der Waals surface area contributed by atoms with Crippen molar-refractivity contribution in [3.8, 4) is 0 Å². The SMILES string of the molecule is C=CC1C=CCN1[C@H](C)c1ccc2ccccc2c1. The first-order valence-corrected chi connectivity index (χ1v) is 6.83. The molecule has 0 saturated carbocycles. The Kier molecular flexibility index (Phi) is 3.22. The quantitative estimate of drug-likeness (QED) is 0.732. The molecule has 2 aromatic rings. The van der Waals surface area contributed by atoms with E-state index in [-0.39, 0.29) is 0 Å². The highest BCUT2D eigenvalue weighted by Gasteiger charge is 2.23. The fraction of sp³-hybridized carbons (Fsp3) is 0.222. The second-order valence-electron chi connectivity index (χ2n) is 5.13. The Labute approximate surface area is 114 Å². The van der Waals surface area contributed by atoms with E-state index in [0.29, 0.717) is 12.1 Å². The standard InChI is InChI=1S/C18H19N/c1-3-18-9-6-12-19(18)14(2)16-11-10-15-7-4-5-8-17(15)13-16/h3-11,13-14,18H,1,12H2,2H3/t14-,18?/m1/s1. The molecule has 1 nitrogen and oxygen atoms in total. The predicted octanol–water partition coefficient (Wildman–Crippen LogP) is 4.33. The molecule has 1 aliphatic heterocycles. The lowest BCUT2D eigenvalue weighted by Crippen LogP contribution is -2.31. The van der Waals surface area contributed by atoms with Gasteiger partial charge in [0.1, 0.15) is 0 Å². The summed E-state index contributed by atoms with van der Waals surface area (Å²) in [6, 6.07) is 16.1. The molecule has 0 spiro atoms. The van der Waals surface area contributed by atoms with Gasteiger partial charge in [0, 0.05) is 18.6 Å². The van der Waals surface area contributed by atoms with Crippen LogP contribution in [0.2, 0.25) is 0 Å². The topological polar surface area (TPSA) is 3.24 Å². The van der Waals surface area contributed by atoms with E-state index in [1.165, 1.54) is 16.3 Å². The van der Waals surface area contributed by atoms with Gasteiger partial charge < -0.3 is 0 Å². The Bertz CT molecular complexity index is 626. The number of rotatable bonds is 3. The molecule has 1 aliphatic rings. The average Bonchev–Trinajstić information content (AvgIpc) is 2.94. The number of nitrogens with zero attached hydrogens (tertiary/aromatic N) is 1. The van der Waals surface area contributed by atoms with Crippen molar-refractivity contribution in [2.75, 3.05) is 6.54 Å². The van der Waals surface area contributed by atoms with Gasteiger partial charge >= 0.3 is 0 Å². The maximum Gasteiger partial charge on any atom is 0.0468 e. The van der Waals surface area contributed by atoms with Gasteiger partial charge in [-0.15, -0.1) is 6.58 Å². The van der Waals surface area contributed by atoms with Crippen LogP contribution in [0.4, 0.5) is 0 Å². The predicted molar refractivity (Wildman–Crippen MR) is 82.2 cm³/mol. The third-order valence-electron chi connectivity index (χ3n) is 4.03. The third-order valence-corrected chi connectivity index (χ3v) is 4.03. The van der Waals surface area contributed by atoms with Crippen LogP contribution < -0.4 is 0 Å². The van der Waals surface area contributed by atoms with Crippen LogP contribution in [-0.2, 0) is 0 Å². The van der Waals surface area contributed by atoms with Crippen molar-refractivity contribution in [3.63, 3.8) is 0 Å². The van der Waals surface area contributed by atoms with Crippen molar-refractivity contribution < 1.29 is 0 Å². The van der Waals surface area contributed by atoms with Crippen LogP contribution in [0.15, 0.2) is 67.3 Å². The first-order chi connectivity index (χ1) is 9.29. The molecule has 2 atom stereocenters. The maximum atomic E-state index is 3.93. The van der Waals surface area contributed by atoms with Crippen LogP contribution in [0, 0.1) is 0 Å². The molecule has 0 aliphatic carbocycles. The second kappa shape index (κ2) is 5.02. The van der Waals surface area contributed by atoms with Crippen molar-refractivity contribution in [1.29, 1.82) is 0 Å². The van der Waals surface area contributed by atoms with Crippen molar-refractivity contribution in [2.45, 2.75) is 19.0 Å².